The molecule has 0 bridgehead atoms. The van der Waals surface area contributed by atoms with Crippen molar-refractivity contribution in [2.45, 2.75) is 11.1 Å². The Hall–Kier alpha value is -5.26. The maximum absolute atomic E-state index is 13.1. The molecule has 18 heteroatoms. The fourth-order valence-corrected chi connectivity index (χ4v) is 6.01. The first kappa shape index (κ1) is 36.0. The molecule has 2 aliphatic heterocycles. The molecule has 4 aromatic carbocycles. The van der Waals surface area contributed by atoms with Gasteiger partial charge in [-0.15, -0.1) is 0 Å². The predicted octanol–water partition coefficient (Wildman–Crippen LogP) is 2.81. The largest absolute Gasteiger partial charge is 0.471 e. The van der Waals surface area contributed by atoms with E-state index >= 15 is 0 Å². The van der Waals surface area contributed by atoms with Crippen molar-refractivity contribution in [1.82, 2.24) is 20.4 Å². The van der Waals surface area contributed by atoms with Gasteiger partial charge in [-0.2, -0.15) is 8.42 Å². The van der Waals surface area contributed by atoms with Gasteiger partial charge in [-0.25, -0.2) is 28.1 Å². The highest BCUT2D eigenvalue weighted by Crippen LogP contribution is 2.40. The Labute approximate surface area is 285 Å². The summed E-state index contributed by atoms with van der Waals surface area (Å²) in [6.07, 6.45) is 0. The maximum atomic E-state index is 13.1. The standard InChI is InChI=1S/C16H15N2O6P.C16H14N2O6S/c2*19-14-16(12-7-3-1-4-8-12,13-9-5-2-6-10-13)17-15(20)18(14)11-24-25(21,22)23/h1-10H,11H2,(H,17,20)(H2,21,22,23);1-10H,11H2,(H,17,20)(H,21,22,23). The first-order valence-electron chi connectivity index (χ1n) is 14.5. The Kier molecular flexibility index (Phi) is 10.3. The van der Waals surface area contributed by atoms with Crippen LogP contribution in [0.5, 0.6) is 0 Å². The number of amides is 6. The highest BCUT2D eigenvalue weighted by molar-refractivity contribution is 7.80. The highest BCUT2D eigenvalue weighted by atomic mass is 32.3. The number of rotatable bonds is 10. The van der Waals surface area contributed by atoms with Gasteiger partial charge >= 0.3 is 30.3 Å². The normalized spacial score (nSPS) is 16.8. The summed E-state index contributed by atoms with van der Waals surface area (Å²) in [6.45, 7) is -1.78. The molecule has 2 saturated heterocycles. The van der Waals surface area contributed by atoms with E-state index in [-0.39, 0.29) is 0 Å². The number of phosphoric acid groups is 1. The van der Waals surface area contributed by atoms with Gasteiger partial charge in [0.1, 0.15) is 6.73 Å². The summed E-state index contributed by atoms with van der Waals surface area (Å²) in [4.78, 5) is 69.6. The average molecular weight is 725 g/mol. The van der Waals surface area contributed by atoms with Crippen molar-refractivity contribution in [3.05, 3.63) is 144 Å². The van der Waals surface area contributed by atoms with Gasteiger partial charge in [-0.3, -0.25) is 18.7 Å². The smallest absolute Gasteiger partial charge is 0.315 e. The van der Waals surface area contributed by atoms with E-state index in [1.165, 1.54) is 0 Å². The van der Waals surface area contributed by atoms with E-state index in [4.69, 9.17) is 14.3 Å². The van der Waals surface area contributed by atoms with Gasteiger partial charge in [-0.1, -0.05) is 121 Å². The van der Waals surface area contributed by atoms with Gasteiger partial charge in [0.2, 0.25) is 0 Å². The van der Waals surface area contributed by atoms with Crippen LogP contribution in [0.1, 0.15) is 22.3 Å². The second kappa shape index (κ2) is 14.3. The lowest BCUT2D eigenvalue weighted by molar-refractivity contribution is -0.133. The molecule has 2 heterocycles. The molecule has 2 fully saturated rings. The second-order valence-electron chi connectivity index (χ2n) is 10.7. The van der Waals surface area contributed by atoms with E-state index in [1.54, 1.807) is 121 Å². The SMILES string of the molecule is O=C1NC(c2ccccc2)(c2ccccc2)C(=O)N1COP(=O)(O)O.O=C1NC(c2ccccc2)(c2ccccc2)C(=O)N1COS(=O)(=O)O. The van der Waals surface area contributed by atoms with Crippen LogP contribution in [0.2, 0.25) is 0 Å². The van der Waals surface area contributed by atoms with Crippen molar-refractivity contribution in [2.75, 3.05) is 13.5 Å². The molecule has 0 unspecified atom stereocenters. The monoisotopic (exact) mass is 724 g/mol. The summed E-state index contributed by atoms with van der Waals surface area (Å²) in [5, 5.41) is 5.26. The minimum absolute atomic E-state index is 0.508. The minimum atomic E-state index is -4.83. The van der Waals surface area contributed by atoms with Crippen LogP contribution in [0.3, 0.4) is 0 Å². The zero-order valence-corrected chi connectivity index (χ0v) is 27.4. The Bertz CT molecular complexity index is 1950. The van der Waals surface area contributed by atoms with E-state index in [2.05, 4.69) is 19.3 Å². The quantitative estimate of drug-likeness (QED) is 0.0904. The molecule has 50 heavy (non-hydrogen) atoms. The molecule has 6 rings (SSSR count). The van der Waals surface area contributed by atoms with Crippen molar-refractivity contribution in [2.24, 2.45) is 0 Å². The molecular weight excluding hydrogens is 695 g/mol. The molecule has 5 N–H and O–H groups in total. The van der Waals surface area contributed by atoms with E-state index in [0.29, 0.717) is 32.1 Å². The molecule has 0 radical (unpaired) electrons. The van der Waals surface area contributed by atoms with Crippen molar-refractivity contribution in [3.8, 4) is 0 Å². The number of hydrogen-bond acceptors (Lipinski definition) is 9. The summed E-state index contributed by atoms with van der Waals surface area (Å²) in [5.41, 5.74) is -0.931. The number of carbonyl (C=O) groups excluding carboxylic acids is 4. The second-order valence-corrected chi connectivity index (χ2v) is 13.0. The molecule has 0 saturated carbocycles. The number of benzene rings is 4. The fraction of sp³-hybridized carbons (Fsp3) is 0.125. The van der Waals surface area contributed by atoms with Gasteiger partial charge in [0.05, 0.1) is 0 Å². The van der Waals surface area contributed by atoms with Crippen LogP contribution in [0, 0.1) is 0 Å². The summed E-state index contributed by atoms with van der Waals surface area (Å²) >= 11 is 0. The van der Waals surface area contributed by atoms with Gasteiger partial charge in [0.15, 0.2) is 17.8 Å². The summed E-state index contributed by atoms with van der Waals surface area (Å²) in [6, 6.07) is 32.7. The third-order valence-corrected chi connectivity index (χ3v) is 8.58. The van der Waals surface area contributed by atoms with Crippen LogP contribution in [-0.2, 0) is 44.3 Å². The van der Waals surface area contributed by atoms with Gasteiger partial charge in [0.25, 0.3) is 11.8 Å². The number of imide groups is 2. The molecule has 0 spiro atoms. The zero-order chi connectivity index (χ0) is 36.2. The van der Waals surface area contributed by atoms with E-state index in [0.717, 1.165) is 0 Å². The fourth-order valence-electron chi connectivity index (χ4n) is 5.51. The number of phosphoric ester groups is 1. The lowest BCUT2D eigenvalue weighted by Crippen LogP contribution is -2.45. The molecule has 260 valence electrons. The topological polar surface area (TPSA) is 229 Å². The maximum Gasteiger partial charge on any atom is 0.471 e. The zero-order valence-electron chi connectivity index (χ0n) is 25.7. The molecule has 16 nitrogen and oxygen atoms in total. The summed E-state index contributed by atoms with van der Waals surface area (Å²) < 4.78 is 49.7. The molecule has 0 atom stereocenters. The van der Waals surface area contributed by atoms with Crippen molar-refractivity contribution in [3.63, 3.8) is 0 Å². The van der Waals surface area contributed by atoms with Crippen LogP contribution >= 0.6 is 7.82 Å². The number of nitrogens with one attached hydrogen (secondary N) is 2. The number of nitrogens with zero attached hydrogens (tertiary/aromatic N) is 2. The van der Waals surface area contributed by atoms with Gasteiger partial charge in [-0.05, 0) is 22.3 Å². The lowest BCUT2D eigenvalue weighted by Gasteiger charge is -2.27. The first-order valence-corrected chi connectivity index (χ1v) is 17.4. The van der Waals surface area contributed by atoms with Crippen LogP contribution in [0.15, 0.2) is 121 Å². The number of hydrogen-bond donors (Lipinski definition) is 5. The third kappa shape index (κ3) is 7.34. The van der Waals surface area contributed by atoms with Crippen LogP contribution in [0.25, 0.3) is 0 Å². The van der Waals surface area contributed by atoms with Crippen molar-refractivity contribution >= 4 is 42.1 Å². The highest BCUT2D eigenvalue weighted by Gasteiger charge is 2.55. The Morgan fingerprint density at radius 2 is 0.880 bits per heavy atom. The number of urea groups is 2. The Morgan fingerprint density at radius 3 is 1.16 bits per heavy atom. The Balaban J connectivity index is 0.000000194. The van der Waals surface area contributed by atoms with Crippen molar-refractivity contribution < 1.29 is 55.2 Å². The summed E-state index contributed by atoms with van der Waals surface area (Å²) in [5.74, 6) is -1.39. The van der Waals surface area contributed by atoms with E-state index in [9.17, 15) is 32.2 Å². The van der Waals surface area contributed by atoms with Crippen LogP contribution in [0.4, 0.5) is 9.59 Å². The van der Waals surface area contributed by atoms with E-state index < -0.39 is 66.6 Å². The molecule has 0 aliphatic carbocycles. The predicted molar refractivity (Wildman–Crippen MR) is 174 cm³/mol. The molecule has 6 amide bonds. The lowest BCUT2D eigenvalue weighted by atomic mass is 9.83. The van der Waals surface area contributed by atoms with Crippen LogP contribution < -0.4 is 10.6 Å². The van der Waals surface area contributed by atoms with Gasteiger partial charge < -0.3 is 20.4 Å². The van der Waals surface area contributed by atoms with Crippen molar-refractivity contribution in [1.29, 1.82) is 0 Å². The molecule has 4 aromatic rings. The summed E-state index contributed by atoms with van der Waals surface area (Å²) in [7, 11) is -9.63. The first-order chi connectivity index (χ1) is 23.7. The van der Waals surface area contributed by atoms with Crippen LogP contribution in [-0.4, -0.2) is 69.9 Å². The third-order valence-electron chi connectivity index (χ3n) is 7.72. The Morgan fingerprint density at radius 1 is 0.580 bits per heavy atom. The number of carbonyl (C=O) groups is 4. The molecule has 2 aliphatic rings. The average Bonchev–Trinajstić information content (AvgIpc) is 3.52. The minimum Gasteiger partial charge on any atom is -0.315 e. The molecular formula is C32H29N4O12PS. The molecule has 0 aromatic heterocycles. The van der Waals surface area contributed by atoms with Gasteiger partial charge in [0, 0.05) is 0 Å². The van der Waals surface area contributed by atoms with E-state index in [1.807, 2.05) is 0 Å².